The van der Waals surface area contributed by atoms with Crippen LogP contribution in [0, 0.1) is 21.4 Å². The van der Waals surface area contributed by atoms with E-state index in [2.05, 4.69) is 5.32 Å². The summed E-state index contributed by atoms with van der Waals surface area (Å²) in [6.45, 7) is 0.639. The quantitative estimate of drug-likeness (QED) is 0.672. The third kappa shape index (κ3) is 3.47. The molecule has 0 unspecified atom stereocenters. The molecule has 0 saturated carbocycles. The molecule has 1 aromatic carbocycles. The van der Waals surface area contributed by atoms with Gasteiger partial charge in [-0.3, -0.25) is 10.1 Å². The molecule has 1 N–H and O–H groups in total. The summed E-state index contributed by atoms with van der Waals surface area (Å²) in [5.41, 5.74) is 0.501. The first-order chi connectivity index (χ1) is 9.60. The molecule has 7 heteroatoms. The number of nitrogens with one attached hydrogen (secondary N) is 1. The van der Waals surface area contributed by atoms with E-state index in [4.69, 9.17) is 16.9 Å². The van der Waals surface area contributed by atoms with Gasteiger partial charge in [-0.25, -0.2) is 0 Å². The zero-order chi connectivity index (χ0) is 14.5. The number of nitrogens with zero attached hydrogens (tertiary/aromatic N) is 2. The van der Waals surface area contributed by atoms with Crippen molar-refractivity contribution in [3.05, 3.63) is 55.2 Å². The number of nitro benzene ring substituents is 1. The standard InChI is InChI=1S/C13H10ClN3O2S/c14-13-4-3-11(20-13)5-6-16-10-2-1-9(8-15)12(7-10)17(18)19/h1-4,7,16H,5-6H2. The van der Waals surface area contributed by atoms with Crippen LogP contribution in [-0.4, -0.2) is 11.5 Å². The van der Waals surface area contributed by atoms with Crippen LogP contribution in [0.5, 0.6) is 0 Å². The maximum Gasteiger partial charge on any atom is 0.289 e. The van der Waals surface area contributed by atoms with Crippen molar-refractivity contribution < 1.29 is 4.92 Å². The van der Waals surface area contributed by atoms with Crippen LogP contribution < -0.4 is 5.32 Å². The molecule has 0 atom stereocenters. The van der Waals surface area contributed by atoms with E-state index in [-0.39, 0.29) is 11.3 Å². The molecular weight excluding hydrogens is 298 g/mol. The second kappa shape index (κ2) is 6.37. The molecule has 0 fully saturated rings. The Balaban J connectivity index is 2.01. The molecule has 0 spiro atoms. The van der Waals surface area contributed by atoms with Crippen molar-refractivity contribution in [3.63, 3.8) is 0 Å². The first kappa shape index (κ1) is 14.3. The summed E-state index contributed by atoms with van der Waals surface area (Å²) in [4.78, 5) is 11.4. The van der Waals surface area contributed by atoms with Gasteiger partial charge in [0.25, 0.3) is 5.69 Å². The number of nitriles is 1. The van der Waals surface area contributed by atoms with Gasteiger partial charge in [-0.1, -0.05) is 11.6 Å². The SMILES string of the molecule is N#Cc1ccc(NCCc2ccc(Cl)s2)cc1[N+](=O)[O-]. The van der Waals surface area contributed by atoms with Crippen molar-refractivity contribution in [1.82, 2.24) is 0 Å². The fraction of sp³-hybridized carbons (Fsp3) is 0.154. The zero-order valence-electron chi connectivity index (χ0n) is 10.3. The highest BCUT2D eigenvalue weighted by Crippen LogP contribution is 2.24. The molecule has 0 aliphatic rings. The zero-order valence-corrected chi connectivity index (χ0v) is 11.9. The lowest BCUT2D eigenvalue weighted by Crippen LogP contribution is -2.04. The molecule has 0 aliphatic carbocycles. The molecule has 0 saturated heterocycles. The van der Waals surface area contributed by atoms with Crippen LogP contribution >= 0.6 is 22.9 Å². The molecule has 2 rings (SSSR count). The fourth-order valence-electron chi connectivity index (χ4n) is 1.70. The second-order valence-corrected chi connectivity index (χ2v) is 5.78. The molecule has 1 aromatic heterocycles. The molecular formula is C13H10ClN3O2S. The van der Waals surface area contributed by atoms with E-state index in [0.717, 1.165) is 15.6 Å². The van der Waals surface area contributed by atoms with Crippen LogP contribution in [0.15, 0.2) is 30.3 Å². The van der Waals surface area contributed by atoms with Gasteiger partial charge in [0.05, 0.1) is 9.26 Å². The lowest BCUT2D eigenvalue weighted by atomic mass is 10.2. The minimum atomic E-state index is -0.553. The number of hydrogen-bond acceptors (Lipinski definition) is 5. The average molecular weight is 308 g/mol. The number of hydrogen-bond donors (Lipinski definition) is 1. The van der Waals surface area contributed by atoms with Crippen molar-refractivity contribution in [1.29, 1.82) is 5.26 Å². The first-order valence-electron chi connectivity index (χ1n) is 5.77. The molecule has 5 nitrogen and oxygen atoms in total. The van der Waals surface area contributed by atoms with Crippen molar-refractivity contribution >= 4 is 34.3 Å². The number of nitro groups is 1. The first-order valence-corrected chi connectivity index (χ1v) is 6.96. The van der Waals surface area contributed by atoms with E-state index < -0.39 is 4.92 Å². The number of rotatable bonds is 5. The van der Waals surface area contributed by atoms with E-state index in [1.54, 1.807) is 12.1 Å². The lowest BCUT2D eigenvalue weighted by Gasteiger charge is -2.05. The highest BCUT2D eigenvalue weighted by Gasteiger charge is 2.13. The molecule has 102 valence electrons. The van der Waals surface area contributed by atoms with E-state index in [1.807, 2.05) is 12.1 Å². The fourth-order valence-corrected chi connectivity index (χ4v) is 2.79. The molecule has 2 aromatic rings. The predicted octanol–water partition coefficient (Wildman–Crippen LogP) is 3.84. The summed E-state index contributed by atoms with van der Waals surface area (Å²) in [5.74, 6) is 0. The predicted molar refractivity (Wildman–Crippen MR) is 79.3 cm³/mol. The van der Waals surface area contributed by atoms with Crippen molar-refractivity contribution in [2.75, 3.05) is 11.9 Å². The molecule has 0 amide bonds. The summed E-state index contributed by atoms with van der Waals surface area (Å²) in [7, 11) is 0. The minimum Gasteiger partial charge on any atom is -0.384 e. The van der Waals surface area contributed by atoms with Crippen LogP contribution in [0.2, 0.25) is 4.34 Å². The van der Waals surface area contributed by atoms with Crippen LogP contribution in [0.1, 0.15) is 10.4 Å². The highest BCUT2D eigenvalue weighted by molar-refractivity contribution is 7.16. The van der Waals surface area contributed by atoms with Crippen LogP contribution in [0.4, 0.5) is 11.4 Å². The summed E-state index contributed by atoms with van der Waals surface area (Å²) >= 11 is 7.35. The Hall–Kier alpha value is -2.10. The molecule has 0 aliphatic heterocycles. The Morgan fingerprint density at radius 2 is 2.20 bits per heavy atom. The summed E-state index contributed by atoms with van der Waals surface area (Å²) in [5, 5.41) is 22.7. The number of benzene rings is 1. The van der Waals surface area contributed by atoms with Crippen LogP contribution in [0.25, 0.3) is 0 Å². The molecule has 0 radical (unpaired) electrons. The van der Waals surface area contributed by atoms with E-state index >= 15 is 0 Å². The van der Waals surface area contributed by atoms with Crippen LogP contribution in [-0.2, 0) is 6.42 Å². The minimum absolute atomic E-state index is 0.0607. The average Bonchev–Trinajstić information content (AvgIpc) is 2.84. The smallest absolute Gasteiger partial charge is 0.289 e. The maximum absolute atomic E-state index is 10.8. The third-order valence-corrected chi connectivity index (χ3v) is 3.94. The Labute approximate surface area is 124 Å². The Morgan fingerprint density at radius 3 is 2.80 bits per heavy atom. The third-order valence-electron chi connectivity index (χ3n) is 2.64. The van der Waals surface area contributed by atoms with Gasteiger partial charge < -0.3 is 5.32 Å². The summed E-state index contributed by atoms with van der Waals surface area (Å²) in [6.07, 6.45) is 0.783. The Kier molecular flexibility index (Phi) is 4.56. The van der Waals surface area contributed by atoms with Gasteiger partial charge in [-0.05, 0) is 30.7 Å². The monoisotopic (exact) mass is 307 g/mol. The van der Waals surface area contributed by atoms with Gasteiger partial charge in [0.1, 0.15) is 11.6 Å². The lowest BCUT2D eigenvalue weighted by molar-refractivity contribution is -0.385. The van der Waals surface area contributed by atoms with Gasteiger partial charge in [0.15, 0.2) is 0 Å². The van der Waals surface area contributed by atoms with Gasteiger partial charge in [-0.15, -0.1) is 11.3 Å². The maximum atomic E-state index is 10.8. The summed E-state index contributed by atoms with van der Waals surface area (Å²) < 4.78 is 0.744. The van der Waals surface area contributed by atoms with Gasteiger partial charge in [-0.2, -0.15) is 5.26 Å². The number of halogens is 1. The Bertz CT molecular complexity index is 678. The van der Waals surface area contributed by atoms with Crippen molar-refractivity contribution in [2.24, 2.45) is 0 Å². The summed E-state index contributed by atoms with van der Waals surface area (Å²) in [6, 6.07) is 10.1. The normalized spacial score (nSPS) is 10.0. The van der Waals surface area contributed by atoms with E-state index in [9.17, 15) is 10.1 Å². The van der Waals surface area contributed by atoms with Gasteiger partial charge in [0.2, 0.25) is 0 Å². The van der Waals surface area contributed by atoms with Crippen LogP contribution in [0.3, 0.4) is 0 Å². The van der Waals surface area contributed by atoms with Crippen molar-refractivity contribution in [3.8, 4) is 6.07 Å². The van der Waals surface area contributed by atoms with Gasteiger partial charge in [0, 0.05) is 23.2 Å². The molecule has 1 heterocycles. The highest BCUT2D eigenvalue weighted by atomic mass is 35.5. The topological polar surface area (TPSA) is 79.0 Å². The number of anilines is 1. The molecule has 20 heavy (non-hydrogen) atoms. The van der Waals surface area contributed by atoms with Crippen molar-refractivity contribution in [2.45, 2.75) is 6.42 Å². The van der Waals surface area contributed by atoms with E-state index in [0.29, 0.717) is 12.2 Å². The molecule has 0 bridgehead atoms. The largest absolute Gasteiger partial charge is 0.384 e. The van der Waals surface area contributed by atoms with Gasteiger partial charge >= 0.3 is 0 Å². The second-order valence-electron chi connectivity index (χ2n) is 3.98. The Morgan fingerprint density at radius 1 is 1.40 bits per heavy atom. The van der Waals surface area contributed by atoms with E-state index in [1.165, 1.54) is 23.5 Å². The number of thiophene rings is 1.